The highest BCUT2D eigenvalue weighted by atomic mass is 16.5. The highest BCUT2D eigenvalue weighted by Gasteiger charge is 2.25. The molecule has 0 aromatic rings. The molecule has 0 saturated heterocycles. The van der Waals surface area contributed by atoms with Gasteiger partial charge in [-0.2, -0.15) is 0 Å². The highest BCUT2D eigenvalue weighted by Crippen LogP contribution is 2.15. The summed E-state index contributed by atoms with van der Waals surface area (Å²) in [7, 11) is 1.51. The van der Waals surface area contributed by atoms with Gasteiger partial charge in [-0.05, 0) is 6.08 Å². The monoisotopic (exact) mass is 139 g/mol. The number of nitrogens with zero attached hydrogens (tertiary/aromatic N) is 1. The quantitative estimate of drug-likeness (QED) is 0.524. The molecule has 1 rings (SSSR count). The normalized spacial score (nSPS) is 30.5. The van der Waals surface area contributed by atoms with E-state index in [0.717, 1.165) is 6.29 Å². The smallest absolute Gasteiger partial charge is 0.156 e. The van der Waals surface area contributed by atoms with Gasteiger partial charge >= 0.3 is 0 Å². The van der Waals surface area contributed by atoms with E-state index in [1.165, 1.54) is 7.11 Å². The maximum absolute atomic E-state index is 10.5. The zero-order chi connectivity index (χ0) is 7.45. The van der Waals surface area contributed by atoms with E-state index in [4.69, 9.17) is 4.74 Å². The van der Waals surface area contributed by atoms with Gasteiger partial charge in [-0.1, -0.05) is 0 Å². The van der Waals surface area contributed by atoms with E-state index in [1.807, 2.05) is 0 Å². The summed E-state index contributed by atoms with van der Waals surface area (Å²) in [4.78, 5) is 14.3. The standard InChI is InChI=1S/C7H9NO2/c1-10-7(6-9)2-4-8-5-3-7/h2,4-6H,3H2,1H3. The molecule has 0 aromatic heterocycles. The first-order valence-electron chi connectivity index (χ1n) is 3.04. The van der Waals surface area contributed by atoms with Gasteiger partial charge in [-0.25, -0.2) is 0 Å². The summed E-state index contributed by atoms with van der Waals surface area (Å²) in [6.07, 6.45) is 6.21. The largest absolute Gasteiger partial charge is 0.366 e. The molecule has 3 nitrogen and oxygen atoms in total. The van der Waals surface area contributed by atoms with Crippen LogP contribution >= 0.6 is 0 Å². The molecule has 1 aliphatic heterocycles. The van der Waals surface area contributed by atoms with Crippen LogP contribution in [0, 0.1) is 0 Å². The lowest BCUT2D eigenvalue weighted by Crippen LogP contribution is -2.32. The van der Waals surface area contributed by atoms with E-state index in [-0.39, 0.29) is 0 Å². The van der Waals surface area contributed by atoms with Gasteiger partial charge in [0.1, 0.15) is 5.60 Å². The Bertz CT molecular complexity index is 186. The molecule has 1 aliphatic rings. The Kier molecular flexibility index (Phi) is 1.97. The number of aliphatic imine (C=N–C) groups is 1. The van der Waals surface area contributed by atoms with Crippen molar-refractivity contribution >= 4 is 12.5 Å². The van der Waals surface area contributed by atoms with Crippen molar-refractivity contribution in [1.29, 1.82) is 0 Å². The summed E-state index contributed by atoms with van der Waals surface area (Å²) >= 11 is 0. The van der Waals surface area contributed by atoms with Gasteiger partial charge < -0.3 is 4.74 Å². The minimum absolute atomic E-state index is 0.531. The number of methoxy groups -OCH3 is 1. The average molecular weight is 139 g/mol. The first-order valence-corrected chi connectivity index (χ1v) is 3.04. The Balaban J connectivity index is 2.75. The van der Waals surface area contributed by atoms with Crippen LogP contribution in [-0.2, 0) is 9.53 Å². The highest BCUT2D eigenvalue weighted by molar-refractivity contribution is 5.76. The Labute approximate surface area is 59.4 Å². The Hall–Kier alpha value is -0.960. The number of hydrogen-bond acceptors (Lipinski definition) is 3. The first kappa shape index (κ1) is 7.15. The van der Waals surface area contributed by atoms with Crippen molar-refractivity contribution in [3.8, 4) is 0 Å². The lowest BCUT2D eigenvalue weighted by molar-refractivity contribution is -0.122. The number of carbonyl (C=O) groups excluding carboxylic acids is 1. The van der Waals surface area contributed by atoms with Crippen LogP contribution in [0.4, 0.5) is 0 Å². The van der Waals surface area contributed by atoms with E-state index in [9.17, 15) is 4.79 Å². The molecule has 0 N–H and O–H groups in total. The van der Waals surface area contributed by atoms with Crippen LogP contribution in [0.25, 0.3) is 0 Å². The molecule has 0 fully saturated rings. The Morgan fingerprint density at radius 1 is 1.80 bits per heavy atom. The number of hydrogen-bond donors (Lipinski definition) is 0. The van der Waals surface area contributed by atoms with Crippen LogP contribution in [0.15, 0.2) is 17.3 Å². The summed E-state index contributed by atoms with van der Waals surface area (Å²) < 4.78 is 4.98. The van der Waals surface area contributed by atoms with E-state index >= 15 is 0 Å². The summed E-state index contributed by atoms with van der Waals surface area (Å²) in [5.41, 5.74) is -0.748. The van der Waals surface area contributed by atoms with E-state index < -0.39 is 5.60 Å². The topological polar surface area (TPSA) is 38.7 Å². The van der Waals surface area contributed by atoms with Crippen LogP contribution < -0.4 is 0 Å². The molecule has 0 saturated carbocycles. The summed E-state index contributed by atoms with van der Waals surface area (Å²) in [6, 6.07) is 0. The second-order valence-corrected chi connectivity index (χ2v) is 2.13. The maximum Gasteiger partial charge on any atom is 0.156 e. The predicted molar refractivity (Wildman–Crippen MR) is 38.1 cm³/mol. The molecular formula is C7H9NO2. The average Bonchev–Trinajstić information content (AvgIpc) is 2.06. The van der Waals surface area contributed by atoms with Crippen LogP contribution in [-0.4, -0.2) is 25.2 Å². The lowest BCUT2D eigenvalue weighted by Gasteiger charge is -2.21. The fourth-order valence-electron chi connectivity index (χ4n) is 0.780. The van der Waals surface area contributed by atoms with E-state index in [2.05, 4.69) is 4.99 Å². The molecule has 0 amide bonds. The Morgan fingerprint density at radius 3 is 2.90 bits per heavy atom. The molecule has 0 bridgehead atoms. The van der Waals surface area contributed by atoms with Crippen LogP contribution in [0.1, 0.15) is 6.42 Å². The second-order valence-electron chi connectivity index (χ2n) is 2.13. The molecule has 0 aromatic carbocycles. The van der Waals surface area contributed by atoms with Crippen molar-refractivity contribution in [3.05, 3.63) is 12.3 Å². The molecule has 0 spiro atoms. The SMILES string of the molecule is COC1(C=O)C=CN=CC1. The molecule has 1 atom stereocenters. The van der Waals surface area contributed by atoms with Crippen LogP contribution in [0.3, 0.4) is 0 Å². The number of rotatable bonds is 2. The molecule has 10 heavy (non-hydrogen) atoms. The number of aldehydes is 1. The lowest BCUT2D eigenvalue weighted by atomic mass is 10.0. The minimum atomic E-state index is -0.748. The van der Waals surface area contributed by atoms with E-state index in [1.54, 1.807) is 18.5 Å². The zero-order valence-corrected chi connectivity index (χ0v) is 5.78. The van der Waals surface area contributed by atoms with Gasteiger partial charge in [0, 0.05) is 25.9 Å². The minimum Gasteiger partial charge on any atom is -0.366 e. The number of ether oxygens (including phenoxy) is 1. The molecule has 0 radical (unpaired) electrons. The zero-order valence-electron chi connectivity index (χ0n) is 5.78. The molecule has 1 unspecified atom stereocenters. The van der Waals surface area contributed by atoms with Gasteiger partial charge in [0.25, 0.3) is 0 Å². The van der Waals surface area contributed by atoms with Gasteiger partial charge in [-0.3, -0.25) is 9.79 Å². The third kappa shape index (κ3) is 1.14. The number of carbonyl (C=O) groups is 1. The van der Waals surface area contributed by atoms with Gasteiger partial charge in [-0.15, -0.1) is 0 Å². The van der Waals surface area contributed by atoms with Crippen molar-refractivity contribution in [2.45, 2.75) is 12.0 Å². The molecule has 54 valence electrons. The molecular weight excluding hydrogens is 130 g/mol. The summed E-state index contributed by atoms with van der Waals surface area (Å²) in [5.74, 6) is 0. The maximum atomic E-state index is 10.5. The van der Waals surface area contributed by atoms with Crippen LogP contribution in [0.2, 0.25) is 0 Å². The van der Waals surface area contributed by atoms with Crippen molar-refractivity contribution in [3.63, 3.8) is 0 Å². The van der Waals surface area contributed by atoms with E-state index in [0.29, 0.717) is 6.42 Å². The van der Waals surface area contributed by atoms with Gasteiger partial charge in [0.05, 0.1) is 0 Å². The van der Waals surface area contributed by atoms with Crippen molar-refractivity contribution in [2.75, 3.05) is 7.11 Å². The Morgan fingerprint density at radius 2 is 2.60 bits per heavy atom. The van der Waals surface area contributed by atoms with Crippen molar-refractivity contribution < 1.29 is 9.53 Å². The second kappa shape index (κ2) is 2.75. The third-order valence-electron chi connectivity index (χ3n) is 1.54. The fraction of sp³-hybridized carbons (Fsp3) is 0.429. The van der Waals surface area contributed by atoms with Gasteiger partial charge in [0.2, 0.25) is 0 Å². The van der Waals surface area contributed by atoms with Crippen molar-refractivity contribution in [1.82, 2.24) is 0 Å². The first-order chi connectivity index (χ1) is 4.83. The summed E-state index contributed by atoms with van der Waals surface area (Å²) in [6.45, 7) is 0. The van der Waals surface area contributed by atoms with Crippen LogP contribution in [0.5, 0.6) is 0 Å². The molecule has 0 aliphatic carbocycles. The fourth-order valence-corrected chi connectivity index (χ4v) is 0.780. The van der Waals surface area contributed by atoms with Crippen molar-refractivity contribution in [2.24, 2.45) is 4.99 Å². The van der Waals surface area contributed by atoms with Gasteiger partial charge in [0.15, 0.2) is 6.29 Å². The molecule has 3 heteroatoms. The molecule has 1 heterocycles. The predicted octanol–water partition coefficient (Wildman–Crippen LogP) is 0.559. The third-order valence-corrected chi connectivity index (χ3v) is 1.54. The summed E-state index contributed by atoms with van der Waals surface area (Å²) in [5, 5.41) is 0.